The van der Waals surface area contributed by atoms with Crippen LogP contribution in [0.3, 0.4) is 0 Å². The summed E-state index contributed by atoms with van der Waals surface area (Å²) >= 11 is 0. The average molecular weight is 342 g/mol. The number of rotatable bonds is 8. The number of nitrogens with one attached hydrogen (secondary N) is 2. The van der Waals surface area contributed by atoms with E-state index in [1.807, 2.05) is 13.8 Å². The fourth-order valence-electron chi connectivity index (χ4n) is 2.70. The first kappa shape index (κ1) is 19.2. The van der Waals surface area contributed by atoms with Gasteiger partial charge >= 0.3 is 0 Å². The molecule has 1 aromatic heterocycles. The molecular formula is C20H30N4O. The molecule has 2 N–H and O–H groups in total. The van der Waals surface area contributed by atoms with Gasteiger partial charge in [0.25, 0.3) is 0 Å². The molecule has 0 saturated heterocycles. The van der Waals surface area contributed by atoms with Crippen molar-refractivity contribution in [1.29, 1.82) is 0 Å². The summed E-state index contributed by atoms with van der Waals surface area (Å²) < 4.78 is 2.07. The Morgan fingerprint density at radius 1 is 1.12 bits per heavy atom. The lowest BCUT2D eigenvalue weighted by atomic mass is 10.1. The fourth-order valence-corrected chi connectivity index (χ4v) is 2.70. The van der Waals surface area contributed by atoms with Crippen LogP contribution in [0.25, 0.3) is 0 Å². The van der Waals surface area contributed by atoms with E-state index in [2.05, 4.69) is 65.5 Å². The number of benzene rings is 1. The highest BCUT2D eigenvalue weighted by Gasteiger charge is 2.11. The van der Waals surface area contributed by atoms with E-state index < -0.39 is 0 Å². The second kappa shape index (κ2) is 8.81. The molecule has 0 bridgehead atoms. The number of nitrogens with zero attached hydrogens (tertiary/aromatic N) is 2. The molecule has 0 fully saturated rings. The van der Waals surface area contributed by atoms with Crippen molar-refractivity contribution < 1.29 is 4.79 Å². The number of carbonyl (C=O) groups is 1. The maximum absolute atomic E-state index is 11.5. The summed E-state index contributed by atoms with van der Waals surface area (Å²) in [6, 6.07) is 8.58. The Morgan fingerprint density at radius 2 is 1.80 bits per heavy atom. The number of carbonyl (C=O) groups excluding carboxylic acids is 1. The standard InChI is InChI=1S/C20H30N4O/c1-14(2)20(25)22-11-10-21-12-19-16(4)23-24(17(19)5)13-18-8-6-15(3)7-9-18/h6-9,14,21H,10-13H2,1-5H3,(H,22,25). The molecule has 25 heavy (non-hydrogen) atoms. The Morgan fingerprint density at radius 3 is 2.44 bits per heavy atom. The van der Waals surface area contributed by atoms with E-state index in [4.69, 9.17) is 0 Å². The van der Waals surface area contributed by atoms with E-state index in [9.17, 15) is 4.79 Å². The topological polar surface area (TPSA) is 59.0 Å². The number of amides is 1. The lowest BCUT2D eigenvalue weighted by molar-refractivity contribution is -0.123. The second-order valence-electron chi connectivity index (χ2n) is 6.92. The molecule has 2 rings (SSSR count). The molecule has 1 amide bonds. The van der Waals surface area contributed by atoms with Crippen LogP contribution in [0.2, 0.25) is 0 Å². The fraction of sp³-hybridized carbons (Fsp3) is 0.500. The van der Waals surface area contributed by atoms with E-state index >= 15 is 0 Å². The Hall–Kier alpha value is -2.14. The molecular weight excluding hydrogens is 312 g/mol. The summed E-state index contributed by atoms with van der Waals surface area (Å²) in [5, 5.41) is 11.0. The first-order valence-corrected chi connectivity index (χ1v) is 8.95. The zero-order chi connectivity index (χ0) is 18.4. The molecule has 0 saturated carbocycles. The molecule has 0 aliphatic rings. The molecule has 5 nitrogen and oxygen atoms in total. The van der Waals surface area contributed by atoms with Crippen molar-refractivity contribution in [2.45, 2.75) is 47.7 Å². The molecule has 5 heteroatoms. The van der Waals surface area contributed by atoms with E-state index in [1.54, 1.807) is 0 Å². The maximum Gasteiger partial charge on any atom is 0.222 e. The van der Waals surface area contributed by atoms with Gasteiger partial charge in [0.1, 0.15) is 0 Å². The Balaban J connectivity index is 1.88. The van der Waals surface area contributed by atoms with Crippen LogP contribution in [0, 0.1) is 26.7 Å². The summed E-state index contributed by atoms with van der Waals surface area (Å²) in [4.78, 5) is 11.5. The highest BCUT2D eigenvalue weighted by molar-refractivity contribution is 5.77. The number of aryl methyl sites for hydroxylation is 2. The number of hydrogen-bond donors (Lipinski definition) is 2. The Kier molecular flexibility index (Phi) is 6.76. The van der Waals surface area contributed by atoms with Gasteiger partial charge in [-0.3, -0.25) is 9.48 Å². The Bertz CT molecular complexity index is 701. The van der Waals surface area contributed by atoms with Gasteiger partial charge < -0.3 is 10.6 Å². The van der Waals surface area contributed by atoms with E-state index in [-0.39, 0.29) is 11.8 Å². The predicted molar refractivity (Wildman–Crippen MR) is 102 cm³/mol. The van der Waals surface area contributed by atoms with Crippen LogP contribution >= 0.6 is 0 Å². The molecule has 1 heterocycles. The first-order valence-electron chi connectivity index (χ1n) is 8.95. The van der Waals surface area contributed by atoms with Gasteiger partial charge in [-0.25, -0.2) is 0 Å². The van der Waals surface area contributed by atoms with Crippen molar-refractivity contribution in [3.63, 3.8) is 0 Å². The third-order valence-electron chi connectivity index (χ3n) is 4.41. The third-order valence-corrected chi connectivity index (χ3v) is 4.41. The maximum atomic E-state index is 11.5. The molecule has 136 valence electrons. The zero-order valence-corrected chi connectivity index (χ0v) is 16.0. The lowest BCUT2D eigenvalue weighted by Crippen LogP contribution is -2.34. The van der Waals surface area contributed by atoms with Crippen LogP contribution in [-0.2, 0) is 17.9 Å². The molecule has 0 radical (unpaired) electrons. The highest BCUT2D eigenvalue weighted by atomic mass is 16.1. The highest BCUT2D eigenvalue weighted by Crippen LogP contribution is 2.15. The predicted octanol–water partition coefficient (Wildman–Crippen LogP) is 2.72. The van der Waals surface area contributed by atoms with Crippen LogP contribution in [0.1, 0.15) is 41.9 Å². The van der Waals surface area contributed by atoms with Crippen LogP contribution < -0.4 is 10.6 Å². The van der Waals surface area contributed by atoms with E-state index in [1.165, 1.54) is 22.4 Å². The summed E-state index contributed by atoms with van der Waals surface area (Å²) in [7, 11) is 0. The second-order valence-corrected chi connectivity index (χ2v) is 6.92. The smallest absolute Gasteiger partial charge is 0.222 e. The van der Waals surface area contributed by atoms with Crippen molar-refractivity contribution in [2.24, 2.45) is 5.92 Å². The minimum atomic E-state index is 0.0319. The number of hydrogen-bond acceptors (Lipinski definition) is 3. The van der Waals surface area contributed by atoms with Crippen LogP contribution in [-0.4, -0.2) is 28.8 Å². The van der Waals surface area contributed by atoms with Gasteiger partial charge in [-0.15, -0.1) is 0 Å². The van der Waals surface area contributed by atoms with Gasteiger partial charge in [-0.2, -0.15) is 5.10 Å². The van der Waals surface area contributed by atoms with Gasteiger partial charge in [0.15, 0.2) is 0 Å². The molecule has 0 aliphatic carbocycles. The molecule has 0 spiro atoms. The van der Waals surface area contributed by atoms with Gasteiger partial charge in [0, 0.05) is 36.8 Å². The molecule has 0 aliphatic heterocycles. The van der Waals surface area contributed by atoms with Gasteiger partial charge in [0.2, 0.25) is 5.91 Å². The average Bonchev–Trinajstić information content (AvgIpc) is 2.83. The van der Waals surface area contributed by atoms with Crippen LogP contribution in [0.4, 0.5) is 0 Å². The normalized spacial score (nSPS) is 11.1. The first-order chi connectivity index (χ1) is 11.9. The quantitative estimate of drug-likeness (QED) is 0.725. The minimum absolute atomic E-state index is 0.0319. The third kappa shape index (κ3) is 5.43. The largest absolute Gasteiger partial charge is 0.355 e. The monoisotopic (exact) mass is 342 g/mol. The minimum Gasteiger partial charge on any atom is -0.355 e. The SMILES string of the molecule is Cc1ccc(Cn2nc(C)c(CNCCNC(=O)C(C)C)c2C)cc1. The van der Waals surface area contributed by atoms with E-state index in [0.29, 0.717) is 6.54 Å². The van der Waals surface area contributed by atoms with Crippen molar-refractivity contribution in [2.75, 3.05) is 13.1 Å². The van der Waals surface area contributed by atoms with E-state index in [0.717, 1.165) is 25.3 Å². The van der Waals surface area contributed by atoms with Crippen molar-refractivity contribution in [1.82, 2.24) is 20.4 Å². The van der Waals surface area contributed by atoms with Gasteiger partial charge in [0.05, 0.1) is 12.2 Å². The summed E-state index contributed by atoms with van der Waals surface area (Å²) in [5.74, 6) is 0.129. The molecule has 0 unspecified atom stereocenters. The van der Waals surface area contributed by atoms with Crippen molar-refractivity contribution in [3.05, 3.63) is 52.3 Å². The van der Waals surface area contributed by atoms with Crippen molar-refractivity contribution >= 4 is 5.91 Å². The van der Waals surface area contributed by atoms with Crippen molar-refractivity contribution in [3.8, 4) is 0 Å². The molecule has 2 aromatic rings. The summed E-state index contributed by atoms with van der Waals surface area (Å²) in [6.07, 6.45) is 0. The molecule has 0 atom stereocenters. The molecule has 1 aromatic carbocycles. The summed E-state index contributed by atoms with van der Waals surface area (Å²) in [5.41, 5.74) is 6.01. The summed E-state index contributed by atoms with van der Waals surface area (Å²) in [6.45, 7) is 13.0. The van der Waals surface area contributed by atoms with Gasteiger partial charge in [-0.05, 0) is 26.3 Å². The Labute approximate surface area is 150 Å². The lowest BCUT2D eigenvalue weighted by Gasteiger charge is -2.09. The van der Waals surface area contributed by atoms with Gasteiger partial charge in [-0.1, -0.05) is 43.7 Å². The number of aromatic nitrogens is 2. The van der Waals surface area contributed by atoms with Crippen LogP contribution in [0.5, 0.6) is 0 Å². The zero-order valence-electron chi connectivity index (χ0n) is 16.0. The van der Waals surface area contributed by atoms with Crippen LogP contribution in [0.15, 0.2) is 24.3 Å².